The van der Waals surface area contributed by atoms with Crippen molar-refractivity contribution in [2.24, 2.45) is 11.7 Å². The molecule has 0 saturated carbocycles. The first-order valence-electron chi connectivity index (χ1n) is 7.49. The van der Waals surface area contributed by atoms with Gasteiger partial charge in [-0.2, -0.15) is 17.4 Å². The number of nitrogens with two attached hydrogens (primary N) is 1. The Labute approximate surface area is 127 Å². The minimum absolute atomic E-state index is 0.202. The highest BCUT2D eigenvalue weighted by atomic mass is 32.2. The third-order valence-electron chi connectivity index (χ3n) is 3.83. The summed E-state index contributed by atoms with van der Waals surface area (Å²) < 4.78 is 33.4. The van der Waals surface area contributed by atoms with Gasteiger partial charge in [-0.3, -0.25) is 4.79 Å². The van der Waals surface area contributed by atoms with E-state index >= 15 is 0 Å². The molecular formula is C13H27N3O4S. The first kappa shape index (κ1) is 18.3. The zero-order valence-electron chi connectivity index (χ0n) is 12.9. The highest BCUT2D eigenvalue weighted by Crippen LogP contribution is 2.20. The van der Waals surface area contributed by atoms with Crippen molar-refractivity contribution in [1.29, 1.82) is 0 Å². The maximum absolute atomic E-state index is 12.3. The molecule has 3 N–H and O–H groups in total. The van der Waals surface area contributed by atoms with Crippen molar-refractivity contribution < 1.29 is 17.9 Å². The molecule has 1 saturated heterocycles. The first-order valence-corrected chi connectivity index (χ1v) is 8.93. The molecule has 1 heterocycles. The van der Waals surface area contributed by atoms with E-state index in [2.05, 4.69) is 11.6 Å². The summed E-state index contributed by atoms with van der Waals surface area (Å²) in [4.78, 5) is 11.4. The number of esters is 1. The van der Waals surface area contributed by atoms with Crippen LogP contribution in [0.4, 0.5) is 0 Å². The highest BCUT2D eigenvalue weighted by Gasteiger charge is 2.32. The molecule has 1 aliphatic rings. The predicted molar refractivity (Wildman–Crippen MR) is 80.7 cm³/mol. The molecule has 21 heavy (non-hydrogen) atoms. The van der Waals surface area contributed by atoms with Gasteiger partial charge < -0.3 is 10.5 Å². The summed E-state index contributed by atoms with van der Waals surface area (Å²) in [7, 11) is -2.18. The average molecular weight is 321 g/mol. The molecule has 1 fully saturated rings. The van der Waals surface area contributed by atoms with Gasteiger partial charge in [0.25, 0.3) is 10.2 Å². The van der Waals surface area contributed by atoms with Crippen molar-refractivity contribution in [2.45, 2.75) is 45.1 Å². The van der Waals surface area contributed by atoms with Crippen molar-refractivity contribution in [3.8, 4) is 0 Å². The highest BCUT2D eigenvalue weighted by molar-refractivity contribution is 7.87. The lowest BCUT2D eigenvalue weighted by atomic mass is 9.99. The maximum atomic E-state index is 12.3. The van der Waals surface area contributed by atoms with E-state index in [1.807, 2.05) is 0 Å². The molecule has 1 aliphatic heterocycles. The standard InChI is InChI=1S/C13H27N3O4S/c1-3-4-5-12(10-14)15-21(18,19)16-8-6-11(7-9-16)13(17)20-2/h11-12,15H,3-10,14H2,1-2H3. The van der Waals surface area contributed by atoms with Gasteiger partial charge in [0.05, 0.1) is 13.0 Å². The molecule has 0 aromatic rings. The van der Waals surface area contributed by atoms with E-state index < -0.39 is 10.2 Å². The van der Waals surface area contributed by atoms with Gasteiger partial charge >= 0.3 is 5.97 Å². The topological polar surface area (TPSA) is 102 Å². The van der Waals surface area contributed by atoms with Crippen molar-refractivity contribution in [1.82, 2.24) is 9.03 Å². The van der Waals surface area contributed by atoms with Crippen molar-refractivity contribution in [3.63, 3.8) is 0 Å². The Hall–Kier alpha value is -0.700. The smallest absolute Gasteiger partial charge is 0.308 e. The van der Waals surface area contributed by atoms with E-state index in [1.165, 1.54) is 11.4 Å². The Balaban J connectivity index is 2.54. The molecule has 0 amide bonds. The number of hydrogen-bond donors (Lipinski definition) is 2. The molecule has 0 aromatic carbocycles. The number of carbonyl (C=O) groups is 1. The van der Waals surface area contributed by atoms with Gasteiger partial charge in [-0.15, -0.1) is 0 Å². The molecule has 0 bridgehead atoms. The van der Waals surface area contributed by atoms with Crippen LogP contribution in [-0.4, -0.2) is 51.5 Å². The van der Waals surface area contributed by atoms with Crippen molar-refractivity contribution >= 4 is 16.2 Å². The molecule has 124 valence electrons. The average Bonchev–Trinajstić information content (AvgIpc) is 2.50. The number of methoxy groups -OCH3 is 1. The zero-order valence-corrected chi connectivity index (χ0v) is 13.7. The van der Waals surface area contributed by atoms with E-state index in [0.29, 0.717) is 25.9 Å². The second-order valence-corrected chi connectivity index (χ2v) is 7.10. The van der Waals surface area contributed by atoms with Crippen molar-refractivity contribution in [2.75, 3.05) is 26.7 Å². The van der Waals surface area contributed by atoms with Crippen LogP contribution in [0, 0.1) is 5.92 Å². The quantitative estimate of drug-likeness (QED) is 0.623. The molecule has 0 aromatic heterocycles. The SMILES string of the molecule is CCCCC(CN)NS(=O)(=O)N1CCC(C(=O)OC)CC1. The molecule has 0 spiro atoms. The van der Waals surface area contributed by atoms with Gasteiger partial charge in [0.1, 0.15) is 0 Å². The number of carbonyl (C=O) groups excluding carboxylic acids is 1. The van der Waals surface area contributed by atoms with E-state index in [1.54, 1.807) is 0 Å². The minimum Gasteiger partial charge on any atom is -0.469 e. The van der Waals surface area contributed by atoms with E-state index in [-0.39, 0.29) is 24.5 Å². The zero-order chi connectivity index (χ0) is 15.9. The fourth-order valence-corrected chi connectivity index (χ4v) is 3.94. The van der Waals surface area contributed by atoms with Crippen molar-refractivity contribution in [3.05, 3.63) is 0 Å². The predicted octanol–water partition coefficient (Wildman–Crippen LogP) is 0.223. The van der Waals surface area contributed by atoms with E-state index in [0.717, 1.165) is 19.3 Å². The number of rotatable bonds is 8. The van der Waals surface area contributed by atoms with Gasteiger partial charge in [0.15, 0.2) is 0 Å². The minimum atomic E-state index is -3.53. The number of nitrogens with one attached hydrogen (secondary N) is 1. The molecule has 1 atom stereocenters. The molecule has 8 heteroatoms. The molecule has 1 unspecified atom stereocenters. The van der Waals surface area contributed by atoms with Gasteiger partial charge in [0.2, 0.25) is 0 Å². The molecule has 1 rings (SSSR count). The summed E-state index contributed by atoms with van der Waals surface area (Å²) in [5.41, 5.74) is 5.62. The lowest BCUT2D eigenvalue weighted by Crippen LogP contribution is -2.50. The van der Waals surface area contributed by atoms with Crippen LogP contribution in [0.25, 0.3) is 0 Å². The number of hydrogen-bond acceptors (Lipinski definition) is 5. The van der Waals surface area contributed by atoms with Crippen LogP contribution in [-0.2, 0) is 19.7 Å². The Bertz CT molecular complexity index is 419. The second kappa shape index (κ2) is 8.67. The van der Waals surface area contributed by atoms with E-state index in [9.17, 15) is 13.2 Å². The summed E-state index contributed by atoms with van der Waals surface area (Å²) in [5.74, 6) is -0.463. The fourth-order valence-electron chi connectivity index (χ4n) is 2.46. The summed E-state index contributed by atoms with van der Waals surface area (Å²) in [6, 6.07) is -0.228. The Morgan fingerprint density at radius 1 is 1.43 bits per heavy atom. The summed E-state index contributed by atoms with van der Waals surface area (Å²) in [5, 5.41) is 0. The summed E-state index contributed by atoms with van der Waals surface area (Å²) in [6.07, 6.45) is 3.67. The molecule has 0 aliphatic carbocycles. The number of ether oxygens (including phenoxy) is 1. The second-order valence-electron chi connectivity index (χ2n) is 5.39. The molecule has 7 nitrogen and oxygen atoms in total. The first-order chi connectivity index (χ1) is 9.94. The van der Waals surface area contributed by atoms with Gasteiger partial charge in [-0.1, -0.05) is 19.8 Å². The monoisotopic (exact) mass is 321 g/mol. The number of piperidine rings is 1. The number of unbranched alkanes of at least 4 members (excludes halogenated alkanes) is 1. The lowest BCUT2D eigenvalue weighted by molar-refractivity contribution is -0.146. The van der Waals surface area contributed by atoms with Gasteiger partial charge in [0, 0.05) is 25.7 Å². The number of nitrogens with zero attached hydrogens (tertiary/aromatic N) is 1. The Kier molecular flexibility index (Phi) is 7.58. The van der Waals surface area contributed by atoms with Crippen LogP contribution in [0.1, 0.15) is 39.0 Å². The van der Waals surface area contributed by atoms with Crippen LogP contribution in [0.5, 0.6) is 0 Å². The van der Waals surface area contributed by atoms with Crippen LogP contribution in [0.3, 0.4) is 0 Å². The molecular weight excluding hydrogens is 294 g/mol. The van der Waals surface area contributed by atoms with Gasteiger partial charge in [-0.25, -0.2) is 0 Å². The Morgan fingerprint density at radius 3 is 2.52 bits per heavy atom. The normalized spacial score (nSPS) is 19.4. The third kappa shape index (κ3) is 5.54. The lowest BCUT2D eigenvalue weighted by Gasteiger charge is -2.31. The van der Waals surface area contributed by atoms with Crippen LogP contribution >= 0.6 is 0 Å². The Morgan fingerprint density at radius 2 is 2.05 bits per heavy atom. The third-order valence-corrected chi connectivity index (χ3v) is 5.51. The van der Waals surface area contributed by atoms with Gasteiger partial charge in [-0.05, 0) is 19.3 Å². The van der Waals surface area contributed by atoms with E-state index in [4.69, 9.17) is 10.5 Å². The van der Waals surface area contributed by atoms with Crippen LogP contribution < -0.4 is 10.5 Å². The fraction of sp³-hybridized carbons (Fsp3) is 0.923. The summed E-state index contributed by atoms with van der Waals surface area (Å²) >= 11 is 0. The van der Waals surface area contributed by atoms with Crippen LogP contribution in [0.15, 0.2) is 0 Å². The largest absolute Gasteiger partial charge is 0.469 e. The van der Waals surface area contributed by atoms with Crippen LogP contribution in [0.2, 0.25) is 0 Å². The molecule has 0 radical (unpaired) electrons. The maximum Gasteiger partial charge on any atom is 0.308 e. The summed E-state index contributed by atoms with van der Waals surface area (Å²) in [6.45, 7) is 3.01.